The van der Waals surface area contributed by atoms with E-state index in [0.717, 1.165) is 28.3 Å². The van der Waals surface area contributed by atoms with Gasteiger partial charge in [0.1, 0.15) is 11.4 Å². The van der Waals surface area contributed by atoms with E-state index in [-0.39, 0.29) is 10.7 Å². The first-order valence-electron chi connectivity index (χ1n) is 7.76. The summed E-state index contributed by atoms with van der Waals surface area (Å²) >= 11 is 4.96. The highest BCUT2D eigenvalue weighted by Gasteiger charge is 2.31. The number of rotatable bonds is 2. The Kier molecular flexibility index (Phi) is 4.26. The second kappa shape index (κ2) is 6.25. The van der Waals surface area contributed by atoms with E-state index in [9.17, 15) is 9.59 Å². The predicted octanol–water partition coefficient (Wildman–Crippen LogP) is 2.05. The minimum Gasteiger partial charge on any atom is -0.303 e. The molecular formula is C18H18N4O2S. The van der Waals surface area contributed by atoms with Gasteiger partial charge in [0.25, 0.3) is 11.8 Å². The third kappa shape index (κ3) is 2.98. The van der Waals surface area contributed by atoms with Gasteiger partial charge in [0.2, 0.25) is 0 Å². The number of likely N-dealkylation sites (N-methyl/N-ethyl adjacent to an activating group) is 1. The molecule has 1 aliphatic rings. The van der Waals surface area contributed by atoms with Crippen LogP contribution in [0.2, 0.25) is 0 Å². The summed E-state index contributed by atoms with van der Waals surface area (Å²) in [5.41, 5.74) is 3.83. The average Bonchev–Trinajstić information content (AvgIpc) is 2.83. The van der Waals surface area contributed by atoms with Crippen LogP contribution in [-0.2, 0) is 9.59 Å². The van der Waals surface area contributed by atoms with Gasteiger partial charge in [0.05, 0.1) is 0 Å². The summed E-state index contributed by atoms with van der Waals surface area (Å²) in [6.07, 6.45) is 3.36. The molecule has 128 valence electrons. The molecule has 2 amide bonds. The molecule has 1 aliphatic heterocycles. The summed E-state index contributed by atoms with van der Waals surface area (Å²) in [6, 6.07) is 5.85. The van der Waals surface area contributed by atoms with Crippen LogP contribution in [0.1, 0.15) is 22.5 Å². The van der Waals surface area contributed by atoms with E-state index >= 15 is 0 Å². The Morgan fingerprint density at radius 1 is 1.20 bits per heavy atom. The Balaban J connectivity index is 2.08. The van der Waals surface area contributed by atoms with Crippen LogP contribution in [0.4, 0.5) is 0 Å². The quantitative estimate of drug-likeness (QED) is 0.509. The summed E-state index contributed by atoms with van der Waals surface area (Å²) in [5.74, 6) is -0.0869. The summed E-state index contributed by atoms with van der Waals surface area (Å²) in [5, 5.41) is 2.63. The summed E-state index contributed by atoms with van der Waals surface area (Å²) in [4.78, 5) is 30.2. The zero-order valence-electron chi connectivity index (χ0n) is 14.5. The molecule has 0 aromatic carbocycles. The van der Waals surface area contributed by atoms with Gasteiger partial charge in [-0.2, -0.15) is 0 Å². The Bertz CT molecular complexity index is 943. The number of amides is 2. The van der Waals surface area contributed by atoms with Gasteiger partial charge in [-0.3, -0.25) is 19.8 Å². The maximum Gasteiger partial charge on any atom is 0.265 e. The minimum atomic E-state index is -0.480. The van der Waals surface area contributed by atoms with E-state index in [1.807, 2.05) is 43.5 Å². The molecule has 2 aromatic rings. The second-order valence-electron chi connectivity index (χ2n) is 6.03. The summed E-state index contributed by atoms with van der Waals surface area (Å²) in [6.45, 7) is 5.90. The molecule has 0 atom stereocenters. The number of hydrogen-bond acceptors (Lipinski definition) is 4. The van der Waals surface area contributed by atoms with E-state index in [0.29, 0.717) is 0 Å². The lowest BCUT2D eigenvalue weighted by atomic mass is 10.1. The van der Waals surface area contributed by atoms with Gasteiger partial charge in [-0.25, -0.2) is 4.98 Å². The summed E-state index contributed by atoms with van der Waals surface area (Å²) in [7, 11) is 1.54. The number of aromatic nitrogens is 2. The van der Waals surface area contributed by atoms with Gasteiger partial charge in [0, 0.05) is 24.6 Å². The lowest BCUT2D eigenvalue weighted by Crippen LogP contribution is -2.52. The van der Waals surface area contributed by atoms with Gasteiger partial charge < -0.3 is 4.57 Å². The monoisotopic (exact) mass is 354 g/mol. The predicted molar refractivity (Wildman–Crippen MR) is 99.3 cm³/mol. The molecular weight excluding hydrogens is 336 g/mol. The molecule has 25 heavy (non-hydrogen) atoms. The number of aryl methyl sites for hydroxylation is 2. The molecule has 2 aromatic heterocycles. The molecule has 3 heterocycles. The van der Waals surface area contributed by atoms with Gasteiger partial charge >= 0.3 is 0 Å². The molecule has 1 fully saturated rings. The van der Waals surface area contributed by atoms with Crippen molar-refractivity contribution in [2.45, 2.75) is 20.8 Å². The standard InChI is InChI=1S/C18H18N4O2S/c1-10-5-6-19-15(7-10)22-11(2)8-13(12(22)3)9-14-16(23)20-18(25)21(4)17(14)24/h5-9H,1-4H3,(H,20,23,25)/b14-9+. The first-order chi connectivity index (χ1) is 11.8. The fourth-order valence-corrected chi connectivity index (χ4v) is 3.01. The van der Waals surface area contributed by atoms with Crippen molar-refractivity contribution in [3.05, 3.63) is 52.5 Å². The Morgan fingerprint density at radius 2 is 1.92 bits per heavy atom. The molecule has 0 bridgehead atoms. The first-order valence-corrected chi connectivity index (χ1v) is 8.17. The molecule has 0 unspecified atom stereocenters. The van der Waals surface area contributed by atoms with E-state index < -0.39 is 11.8 Å². The minimum absolute atomic E-state index is 0.0635. The van der Waals surface area contributed by atoms with Crippen molar-refractivity contribution in [2.75, 3.05) is 7.05 Å². The Labute approximate surface area is 151 Å². The van der Waals surface area contributed by atoms with E-state index in [1.165, 1.54) is 11.9 Å². The van der Waals surface area contributed by atoms with Crippen LogP contribution in [0.25, 0.3) is 11.9 Å². The SMILES string of the molecule is Cc1ccnc(-n2c(C)cc(/C=C3\C(=O)NC(=S)N(C)C3=O)c2C)c1. The molecule has 7 heteroatoms. The highest BCUT2D eigenvalue weighted by molar-refractivity contribution is 7.80. The second-order valence-corrected chi connectivity index (χ2v) is 6.42. The van der Waals surface area contributed by atoms with Crippen LogP contribution in [-0.4, -0.2) is 38.4 Å². The van der Waals surface area contributed by atoms with Crippen LogP contribution < -0.4 is 5.32 Å². The number of hydrogen-bond donors (Lipinski definition) is 1. The van der Waals surface area contributed by atoms with Crippen molar-refractivity contribution in [1.82, 2.24) is 19.8 Å². The number of carbonyl (C=O) groups excluding carboxylic acids is 2. The molecule has 0 aliphatic carbocycles. The van der Waals surface area contributed by atoms with Crippen molar-refractivity contribution in [1.29, 1.82) is 0 Å². The fraction of sp³-hybridized carbons (Fsp3) is 0.222. The lowest BCUT2D eigenvalue weighted by Gasteiger charge is -2.25. The van der Waals surface area contributed by atoms with E-state index in [4.69, 9.17) is 12.2 Å². The van der Waals surface area contributed by atoms with Crippen molar-refractivity contribution in [3.63, 3.8) is 0 Å². The molecule has 1 N–H and O–H groups in total. The number of nitrogens with one attached hydrogen (secondary N) is 1. The first kappa shape index (κ1) is 17.0. The molecule has 1 saturated heterocycles. The maximum absolute atomic E-state index is 12.4. The van der Waals surface area contributed by atoms with Gasteiger partial charge in [-0.15, -0.1) is 0 Å². The fourth-order valence-electron chi connectivity index (χ4n) is 2.83. The lowest BCUT2D eigenvalue weighted by molar-refractivity contribution is -0.128. The number of carbonyl (C=O) groups is 2. The van der Waals surface area contributed by atoms with Gasteiger partial charge in [-0.05, 0) is 68.4 Å². The number of pyridine rings is 1. The van der Waals surface area contributed by atoms with Crippen molar-refractivity contribution < 1.29 is 9.59 Å². The third-order valence-corrected chi connectivity index (χ3v) is 4.58. The van der Waals surface area contributed by atoms with Crippen molar-refractivity contribution >= 4 is 35.2 Å². The molecule has 3 rings (SSSR count). The highest BCUT2D eigenvalue weighted by atomic mass is 32.1. The van der Waals surface area contributed by atoms with Crippen molar-refractivity contribution in [2.24, 2.45) is 0 Å². The van der Waals surface area contributed by atoms with E-state index in [1.54, 1.807) is 12.3 Å². The normalized spacial score (nSPS) is 16.6. The molecule has 0 radical (unpaired) electrons. The van der Waals surface area contributed by atoms with Gasteiger partial charge in [0.15, 0.2) is 5.11 Å². The topological polar surface area (TPSA) is 67.2 Å². The third-order valence-electron chi connectivity index (χ3n) is 4.20. The van der Waals surface area contributed by atoms with Gasteiger partial charge in [-0.1, -0.05) is 0 Å². The highest BCUT2D eigenvalue weighted by Crippen LogP contribution is 2.23. The Morgan fingerprint density at radius 3 is 2.60 bits per heavy atom. The van der Waals surface area contributed by atoms with Crippen molar-refractivity contribution in [3.8, 4) is 5.82 Å². The zero-order chi connectivity index (χ0) is 18.3. The maximum atomic E-state index is 12.4. The Hall–Kier alpha value is -2.80. The molecule has 0 spiro atoms. The van der Waals surface area contributed by atoms with E-state index in [2.05, 4.69) is 10.3 Å². The average molecular weight is 354 g/mol. The zero-order valence-corrected chi connectivity index (χ0v) is 15.3. The largest absolute Gasteiger partial charge is 0.303 e. The number of nitrogens with zero attached hydrogens (tertiary/aromatic N) is 3. The van der Waals surface area contributed by atoms with Crippen LogP contribution in [0.5, 0.6) is 0 Å². The number of thiocarbonyl (C=S) groups is 1. The van der Waals surface area contributed by atoms with Crippen LogP contribution in [0.3, 0.4) is 0 Å². The molecule has 0 saturated carbocycles. The van der Waals surface area contributed by atoms with Crippen LogP contribution in [0.15, 0.2) is 30.0 Å². The smallest absolute Gasteiger partial charge is 0.265 e. The summed E-state index contributed by atoms with van der Waals surface area (Å²) < 4.78 is 2.00. The molecule has 6 nitrogen and oxygen atoms in total. The van der Waals surface area contributed by atoms with Crippen LogP contribution in [0, 0.1) is 20.8 Å². The van der Waals surface area contributed by atoms with Crippen LogP contribution >= 0.6 is 12.2 Å².